The largest absolute Gasteiger partial charge is 0.379 e. The number of nitrogens with zero attached hydrogens (tertiary/aromatic N) is 1. The van der Waals surface area contributed by atoms with Crippen LogP contribution in [0.4, 0.5) is 5.69 Å². The van der Waals surface area contributed by atoms with Crippen molar-refractivity contribution >= 4 is 16.6 Å². The molecule has 106 valence electrons. The summed E-state index contributed by atoms with van der Waals surface area (Å²) in [6, 6.07) is 20.9. The Morgan fingerprint density at radius 2 is 1.62 bits per heavy atom. The van der Waals surface area contributed by atoms with Crippen LogP contribution in [0.25, 0.3) is 10.9 Å². The zero-order chi connectivity index (χ0) is 14.7. The average molecular weight is 276 g/mol. The van der Waals surface area contributed by atoms with E-state index in [0.717, 1.165) is 17.6 Å². The first kappa shape index (κ1) is 13.6. The molecule has 0 amide bonds. The molecule has 2 nitrogen and oxygen atoms in total. The predicted molar refractivity (Wildman–Crippen MR) is 89.6 cm³/mol. The zero-order valence-electron chi connectivity index (χ0n) is 12.5. The molecule has 3 aromatic rings. The standard InChI is InChI=1S/C19H20N2/c1-19(2,14-15-8-4-3-5-9-15)21-18-12-13-20-17-11-7-6-10-16(17)18/h3-13H,14H2,1-2H3,(H,20,21). The lowest BCUT2D eigenvalue weighted by Crippen LogP contribution is -2.33. The van der Waals surface area contributed by atoms with Gasteiger partial charge < -0.3 is 5.32 Å². The van der Waals surface area contributed by atoms with Crippen LogP contribution in [0.15, 0.2) is 66.9 Å². The molecule has 1 N–H and O–H groups in total. The maximum absolute atomic E-state index is 4.42. The van der Waals surface area contributed by atoms with Crippen LogP contribution in [0.2, 0.25) is 0 Å². The van der Waals surface area contributed by atoms with Crippen molar-refractivity contribution < 1.29 is 0 Å². The van der Waals surface area contributed by atoms with Gasteiger partial charge in [-0.3, -0.25) is 4.98 Å². The summed E-state index contributed by atoms with van der Waals surface area (Å²) in [4.78, 5) is 4.42. The minimum Gasteiger partial charge on any atom is -0.379 e. The first-order valence-corrected chi connectivity index (χ1v) is 7.30. The molecule has 0 radical (unpaired) electrons. The zero-order valence-corrected chi connectivity index (χ0v) is 12.5. The molecule has 0 unspecified atom stereocenters. The number of hydrogen-bond acceptors (Lipinski definition) is 2. The van der Waals surface area contributed by atoms with Crippen LogP contribution in [-0.4, -0.2) is 10.5 Å². The summed E-state index contributed by atoms with van der Waals surface area (Å²) in [5.41, 5.74) is 3.48. The molecule has 0 bridgehead atoms. The van der Waals surface area contributed by atoms with E-state index in [-0.39, 0.29) is 5.54 Å². The average Bonchev–Trinajstić information content (AvgIpc) is 2.48. The molecule has 3 rings (SSSR count). The molecule has 2 heteroatoms. The van der Waals surface area contributed by atoms with Gasteiger partial charge in [0, 0.05) is 22.8 Å². The Bertz CT molecular complexity index is 727. The smallest absolute Gasteiger partial charge is 0.0722 e. The second-order valence-corrected chi connectivity index (χ2v) is 6.05. The first-order chi connectivity index (χ1) is 10.1. The number of hydrogen-bond donors (Lipinski definition) is 1. The van der Waals surface area contributed by atoms with Crippen molar-refractivity contribution in [1.82, 2.24) is 4.98 Å². The summed E-state index contributed by atoms with van der Waals surface area (Å²) in [5.74, 6) is 0. The maximum Gasteiger partial charge on any atom is 0.0722 e. The third-order valence-electron chi connectivity index (χ3n) is 3.61. The Morgan fingerprint density at radius 3 is 2.43 bits per heavy atom. The Hall–Kier alpha value is -2.35. The van der Waals surface area contributed by atoms with Crippen LogP contribution in [0.1, 0.15) is 19.4 Å². The van der Waals surface area contributed by atoms with Crippen molar-refractivity contribution in [1.29, 1.82) is 0 Å². The third-order valence-corrected chi connectivity index (χ3v) is 3.61. The van der Waals surface area contributed by atoms with Gasteiger partial charge in [0.15, 0.2) is 0 Å². The molecule has 0 saturated heterocycles. The fraction of sp³-hybridized carbons (Fsp3) is 0.211. The third kappa shape index (κ3) is 3.22. The highest BCUT2D eigenvalue weighted by Crippen LogP contribution is 2.25. The molecule has 0 aliphatic carbocycles. The van der Waals surface area contributed by atoms with Crippen LogP contribution < -0.4 is 5.32 Å². The highest BCUT2D eigenvalue weighted by atomic mass is 15.0. The van der Waals surface area contributed by atoms with E-state index in [1.807, 2.05) is 18.3 Å². The van der Waals surface area contributed by atoms with E-state index in [4.69, 9.17) is 0 Å². The number of anilines is 1. The fourth-order valence-electron chi connectivity index (χ4n) is 2.72. The van der Waals surface area contributed by atoms with Crippen molar-refractivity contribution in [2.75, 3.05) is 5.32 Å². The quantitative estimate of drug-likeness (QED) is 0.749. The van der Waals surface area contributed by atoms with E-state index in [2.05, 4.69) is 72.7 Å². The second-order valence-electron chi connectivity index (χ2n) is 6.05. The second kappa shape index (κ2) is 5.57. The highest BCUT2D eigenvalue weighted by molar-refractivity contribution is 5.91. The van der Waals surface area contributed by atoms with Crippen LogP contribution in [-0.2, 0) is 6.42 Å². The molecule has 0 fully saturated rings. The summed E-state index contributed by atoms with van der Waals surface area (Å²) in [6.07, 6.45) is 2.84. The van der Waals surface area contributed by atoms with Crippen molar-refractivity contribution in [3.63, 3.8) is 0 Å². The molecular formula is C19H20N2. The molecule has 0 aliphatic heterocycles. The van der Waals surface area contributed by atoms with Crippen molar-refractivity contribution in [2.45, 2.75) is 25.8 Å². The Balaban J connectivity index is 1.87. The summed E-state index contributed by atoms with van der Waals surface area (Å²) in [5, 5.41) is 4.84. The Morgan fingerprint density at radius 1 is 0.905 bits per heavy atom. The number of nitrogens with one attached hydrogen (secondary N) is 1. The lowest BCUT2D eigenvalue weighted by atomic mass is 9.94. The molecule has 21 heavy (non-hydrogen) atoms. The van der Waals surface area contributed by atoms with E-state index in [9.17, 15) is 0 Å². The molecule has 0 aliphatic rings. The Kier molecular flexibility index (Phi) is 3.61. The molecule has 1 heterocycles. The van der Waals surface area contributed by atoms with E-state index >= 15 is 0 Å². The van der Waals surface area contributed by atoms with Crippen molar-refractivity contribution in [3.8, 4) is 0 Å². The van der Waals surface area contributed by atoms with Crippen LogP contribution in [0.5, 0.6) is 0 Å². The van der Waals surface area contributed by atoms with Gasteiger partial charge in [-0.1, -0.05) is 48.5 Å². The summed E-state index contributed by atoms with van der Waals surface area (Å²) < 4.78 is 0. The van der Waals surface area contributed by atoms with E-state index in [1.54, 1.807) is 0 Å². The van der Waals surface area contributed by atoms with Gasteiger partial charge in [0.05, 0.1) is 5.52 Å². The van der Waals surface area contributed by atoms with Crippen LogP contribution in [0.3, 0.4) is 0 Å². The van der Waals surface area contributed by atoms with Gasteiger partial charge in [0.1, 0.15) is 0 Å². The number of pyridine rings is 1. The molecular weight excluding hydrogens is 256 g/mol. The van der Waals surface area contributed by atoms with Crippen molar-refractivity contribution in [2.24, 2.45) is 0 Å². The highest BCUT2D eigenvalue weighted by Gasteiger charge is 2.19. The topological polar surface area (TPSA) is 24.9 Å². The molecule has 2 aromatic carbocycles. The van der Waals surface area contributed by atoms with Gasteiger partial charge in [-0.15, -0.1) is 0 Å². The van der Waals surface area contributed by atoms with Crippen molar-refractivity contribution in [3.05, 3.63) is 72.4 Å². The van der Waals surface area contributed by atoms with E-state index in [1.165, 1.54) is 10.9 Å². The van der Waals surface area contributed by atoms with Crippen LogP contribution in [0, 0.1) is 0 Å². The summed E-state index contributed by atoms with van der Waals surface area (Å²) in [6.45, 7) is 4.46. The lowest BCUT2D eigenvalue weighted by Gasteiger charge is -2.28. The van der Waals surface area contributed by atoms with Gasteiger partial charge in [0.2, 0.25) is 0 Å². The fourth-order valence-corrected chi connectivity index (χ4v) is 2.72. The molecule has 1 aromatic heterocycles. The number of fused-ring (bicyclic) bond motifs is 1. The number of aromatic nitrogens is 1. The normalized spacial score (nSPS) is 11.5. The SMILES string of the molecule is CC(C)(Cc1ccccc1)Nc1ccnc2ccccc12. The van der Waals surface area contributed by atoms with Gasteiger partial charge in [-0.25, -0.2) is 0 Å². The molecule has 0 saturated carbocycles. The minimum absolute atomic E-state index is 0.0223. The van der Waals surface area contributed by atoms with E-state index < -0.39 is 0 Å². The monoisotopic (exact) mass is 276 g/mol. The summed E-state index contributed by atoms with van der Waals surface area (Å²) >= 11 is 0. The maximum atomic E-state index is 4.42. The first-order valence-electron chi connectivity index (χ1n) is 7.30. The Labute approximate surface area is 125 Å². The number of rotatable bonds is 4. The number of benzene rings is 2. The predicted octanol–water partition coefficient (Wildman–Crippen LogP) is 4.67. The minimum atomic E-state index is -0.0223. The van der Waals surface area contributed by atoms with Crippen LogP contribution >= 0.6 is 0 Å². The van der Waals surface area contributed by atoms with Gasteiger partial charge in [0.25, 0.3) is 0 Å². The number of para-hydroxylation sites is 1. The van der Waals surface area contributed by atoms with Gasteiger partial charge in [-0.2, -0.15) is 0 Å². The lowest BCUT2D eigenvalue weighted by molar-refractivity contribution is 0.565. The molecule has 0 atom stereocenters. The van der Waals surface area contributed by atoms with Gasteiger partial charge in [-0.05, 0) is 38.0 Å². The van der Waals surface area contributed by atoms with Gasteiger partial charge >= 0.3 is 0 Å². The molecule has 0 spiro atoms. The summed E-state index contributed by atoms with van der Waals surface area (Å²) in [7, 11) is 0. The van der Waals surface area contributed by atoms with E-state index in [0.29, 0.717) is 0 Å².